The second kappa shape index (κ2) is 10.2. The van der Waals surface area contributed by atoms with Gasteiger partial charge in [-0.3, -0.25) is 4.72 Å². The van der Waals surface area contributed by atoms with Crippen LogP contribution in [0, 0.1) is 23.2 Å². The molecule has 3 aliphatic carbocycles. The summed E-state index contributed by atoms with van der Waals surface area (Å²) in [5.74, 6) is 1.22. The zero-order chi connectivity index (χ0) is 28.1. The number of alkyl halides is 3. The molecular formula is C32H35F3N2O2S. The normalized spacial score (nSPS) is 32.0. The number of benzene rings is 2. The summed E-state index contributed by atoms with van der Waals surface area (Å²) >= 11 is 0. The molecular weight excluding hydrogens is 533 g/mol. The molecule has 5 unspecified atom stereocenters. The number of nitrogens with one attached hydrogen (secondary N) is 1. The number of piperidine rings is 1. The van der Waals surface area contributed by atoms with Gasteiger partial charge in [0.2, 0.25) is 0 Å². The Morgan fingerprint density at radius 2 is 1.77 bits per heavy atom. The van der Waals surface area contributed by atoms with Crippen molar-refractivity contribution in [1.29, 1.82) is 0 Å². The van der Waals surface area contributed by atoms with Crippen molar-refractivity contribution >= 4 is 15.7 Å². The van der Waals surface area contributed by atoms with E-state index in [-0.39, 0.29) is 33.5 Å². The average molecular weight is 569 g/mol. The lowest BCUT2D eigenvalue weighted by Gasteiger charge is -2.49. The molecule has 4 nitrogen and oxygen atoms in total. The molecule has 0 amide bonds. The van der Waals surface area contributed by atoms with Gasteiger partial charge in [-0.2, -0.15) is 13.2 Å². The van der Waals surface area contributed by atoms with Crippen molar-refractivity contribution in [1.82, 2.24) is 4.90 Å². The SMILES string of the molecule is C[C@H]1CN(C2CCC(c3ccc(NS(=O)(=O)c4ccccc4)cc3C(F)(F)F)C2)CCC12C=CC1C=CC=CC12. The van der Waals surface area contributed by atoms with Gasteiger partial charge in [-0.1, -0.05) is 67.6 Å². The highest BCUT2D eigenvalue weighted by Gasteiger charge is 2.50. The van der Waals surface area contributed by atoms with Gasteiger partial charge >= 0.3 is 6.18 Å². The van der Waals surface area contributed by atoms with Gasteiger partial charge in [0.15, 0.2) is 0 Å². The second-order valence-corrected chi connectivity index (χ2v) is 13.6. The van der Waals surface area contributed by atoms with Crippen molar-refractivity contribution in [3.8, 4) is 0 Å². The predicted octanol–water partition coefficient (Wildman–Crippen LogP) is 7.40. The maximum Gasteiger partial charge on any atom is 0.416 e. The predicted molar refractivity (Wildman–Crippen MR) is 151 cm³/mol. The number of allylic oxidation sites excluding steroid dienone is 6. The van der Waals surface area contributed by atoms with Crippen LogP contribution in [-0.2, 0) is 16.2 Å². The summed E-state index contributed by atoms with van der Waals surface area (Å²) in [6, 6.07) is 11.8. The Kier molecular flexibility index (Phi) is 6.98. The smallest absolute Gasteiger partial charge is 0.300 e. The third-order valence-corrected chi connectivity index (χ3v) is 11.1. The van der Waals surface area contributed by atoms with E-state index in [4.69, 9.17) is 0 Å². The van der Waals surface area contributed by atoms with E-state index in [1.54, 1.807) is 18.2 Å². The maximum absolute atomic E-state index is 14.2. The molecule has 1 aliphatic heterocycles. The van der Waals surface area contributed by atoms with E-state index in [1.807, 2.05) is 0 Å². The van der Waals surface area contributed by atoms with Gasteiger partial charge < -0.3 is 4.90 Å². The summed E-state index contributed by atoms with van der Waals surface area (Å²) in [4.78, 5) is 2.51. The van der Waals surface area contributed by atoms with Crippen molar-refractivity contribution in [2.75, 3.05) is 17.8 Å². The molecule has 1 saturated heterocycles. The topological polar surface area (TPSA) is 49.4 Å². The highest BCUT2D eigenvalue weighted by atomic mass is 32.2. The highest BCUT2D eigenvalue weighted by Crippen LogP contribution is 2.54. The molecule has 1 heterocycles. The van der Waals surface area contributed by atoms with Crippen LogP contribution in [0.3, 0.4) is 0 Å². The Hall–Kier alpha value is -2.84. The summed E-state index contributed by atoms with van der Waals surface area (Å²) in [7, 11) is -3.99. The molecule has 212 valence electrons. The van der Waals surface area contributed by atoms with Gasteiger partial charge in [0.25, 0.3) is 10.0 Å². The van der Waals surface area contributed by atoms with E-state index >= 15 is 0 Å². The molecule has 2 aromatic rings. The fourth-order valence-electron chi connectivity index (χ4n) is 7.62. The number of likely N-dealkylation sites (tertiary alicyclic amines) is 1. The second-order valence-electron chi connectivity index (χ2n) is 11.9. The molecule has 2 fully saturated rings. The number of nitrogens with zero attached hydrogens (tertiary/aromatic N) is 1. The van der Waals surface area contributed by atoms with Crippen molar-refractivity contribution < 1.29 is 21.6 Å². The number of hydrogen-bond acceptors (Lipinski definition) is 3. The number of hydrogen-bond donors (Lipinski definition) is 1. The van der Waals surface area contributed by atoms with E-state index in [0.29, 0.717) is 30.6 Å². The van der Waals surface area contributed by atoms with Crippen LogP contribution >= 0.6 is 0 Å². The minimum Gasteiger partial charge on any atom is -0.300 e. The van der Waals surface area contributed by atoms with Crippen LogP contribution in [0.2, 0.25) is 0 Å². The first kappa shape index (κ1) is 27.3. The zero-order valence-electron chi connectivity index (χ0n) is 22.5. The van der Waals surface area contributed by atoms with Gasteiger partial charge in [-0.15, -0.1) is 0 Å². The van der Waals surface area contributed by atoms with Crippen LogP contribution in [-0.4, -0.2) is 32.4 Å². The van der Waals surface area contributed by atoms with Crippen LogP contribution < -0.4 is 4.72 Å². The summed E-state index contributed by atoms with van der Waals surface area (Å²) in [6.45, 7) is 4.24. The van der Waals surface area contributed by atoms with Crippen molar-refractivity contribution in [2.45, 2.75) is 55.6 Å². The Bertz CT molecular complexity index is 1450. The Morgan fingerprint density at radius 3 is 2.52 bits per heavy atom. The van der Waals surface area contributed by atoms with E-state index in [2.05, 4.69) is 53.0 Å². The van der Waals surface area contributed by atoms with Crippen LogP contribution in [0.4, 0.5) is 18.9 Å². The number of halogens is 3. The Morgan fingerprint density at radius 1 is 1.00 bits per heavy atom. The van der Waals surface area contributed by atoms with Gasteiger partial charge in [0.1, 0.15) is 0 Å². The number of sulfonamides is 1. The Balaban J connectivity index is 1.17. The minimum absolute atomic E-state index is 0.00315. The first-order valence-corrected chi connectivity index (χ1v) is 15.6. The van der Waals surface area contributed by atoms with Crippen molar-refractivity contribution in [3.63, 3.8) is 0 Å². The van der Waals surface area contributed by atoms with Gasteiger partial charge in [-0.25, -0.2) is 8.42 Å². The summed E-state index contributed by atoms with van der Waals surface area (Å²) < 4.78 is 70.5. The summed E-state index contributed by atoms with van der Waals surface area (Å²) in [5, 5.41) is 0. The lowest BCUT2D eigenvalue weighted by atomic mass is 9.62. The molecule has 1 N–H and O–H groups in total. The third kappa shape index (κ3) is 4.94. The molecule has 4 aliphatic rings. The first-order valence-electron chi connectivity index (χ1n) is 14.1. The molecule has 6 rings (SSSR count). The van der Waals surface area contributed by atoms with Gasteiger partial charge in [0, 0.05) is 29.6 Å². The van der Waals surface area contributed by atoms with E-state index in [0.717, 1.165) is 32.0 Å². The summed E-state index contributed by atoms with van der Waals surface area (Å²) in [6.07, 6.45) is 12.4. The third-order valence-electron chi connectivity index (χ3n) is 9.71. The van der Waals surface area contributed by atoms with E-state index < -0.39 is 21.8 Å². The monoisotopic (exact) mass is 568 g/mol. The molecule has 0 bridgehead atoms. The number of rotatable bonds is 5. The lowest BCUT2D eigenvalue weighted by molar-refractivity contribution is -0.138. The first-order chi connectivity index (χ1) is 19.1. The van der Waals surface area contributed by atoms with Crippen molar-refractivity contribution in [3.05, 3.63) is 96.1 Å². The van der Waals surface area contributed by atoms with E-state index in [1.165, 1.54) is 24.3 Å². The largest absolute Gasteiger partial charge is 0.416 e. The molecule has 0 aromatic heterocycles. The summed E-state index contributed by atoms with van der Waals surface area (Å²) in [5.41, 5.74) is -0.414. The fraction of sp³-hybridized carbons (Fsp3) is 0.438. The molecule has 6 atom stereocenters. The number of fused-ring (bicyclic) bond motifs is 2. The molecule has 0 radical (unpaired) electrons. The molecule has 2 aromatic carbocycles. The maximum atomic E-state index is 14.2. The van der Waals surface area contributed by atoms with Crippen LogP contribution in [0.15, 0.2) is 89.9 Å². The standard InChI is InChI=1S/C32H35F3N2O2S/c1-22-21-37(18-17-31(22)16-15-23-7-5-6-10-29(23)31)26-13-11-24(19-26)28-14-12-25(20-30(28)32(33,34)35)36-40(38,39)27-8-3-2-4-9-27/h2-10,12,14-16,20,22-24,26,29,36H,11,13,17-19,21H2,1H3/t22-,23?,24?,26?,29?,31?/m0/s1. The quantitative estimate of drug-likeness (QED) is 0.383. The average Bonchev–Trinajstić information content (AvgIpc) is 3.57. The van der Waals surface area contributed by atoms with Crippen molar-refractivity contribution in [2.24, 2.45) is 23.2 Å². The number of anilines is 1. The fourth-order valence-corrected chi connectivity index (χ4v) is 8.70. The minimum atomic E-state index is -4.58. The zero-order valence-corrected chi connectivity index (χ0v) is 23.3. The highest BCUT2D eigenvalue weighted by molar-refractivity contribution is 7.92. The lowest BCUT2D eigenvalue weighted by Crippen LogP contribution is -2.51. The van der Waals surface area contributed by atoms with Crippen LogP contribution in [0.5, 0.6) is 0 Å². The van der Waals surface area contributed by atoms with Gasteiger partial charge in [-0.05, 0) is 79.8 Å². The molecule has 1 spiro atoms. The van der Waals surface area contributed by atoms with Gasteiger partial charge in [0.05, 0.1) is 10.5 Å². The molecule has 1 saturated carbocycles. The Labute approximate surface area is 234 Å². The molecule has 8 heteroatoms. The van der Waals surface area contributed by atoms with Crippen LogP contribution in [0.1, 0.15) is 49.7 Å². The molecule has 40 heavy (non-hydrogen) atoms. The van der Waals surface area contributed by atoms with Crippen LogP contribution in [0.25, 0.3) is 0 Å². The van der Waals surface area contributed by atoms with E-state index in [9.17, 15) is 21.6 Å².